The number of aryl methyl sites for hydroxylation is 2. The largest absolute Gasteiger partial charge is 0.330 e. The van der Waals surface area contributed by atoms with Gasteiger partial charge in [-0.25, -0.2) is 0 Å². The molecule has 1 rings (SSSR count). The molecular formula is C16H28N2. The topological polar surface area (TPSA) is 38.0 Å². The molecule has 0 spiro atoms. The molecule has 2 nitrogen and oxygen atoms in total. The van der Waals surface area contributed by atoms with E-state index >= 15 is 0 Å². The molecule has 0 bridgehead atoms. The molecule has 1 atom stereocenters. The molecule has 0 heterocycles. The van der Waals surface area contributed by atoms with Gasteiger partial charge in [0.2, 0.25) is 0 Å². The third kappa shape index (κ3) is 3.82. The van der Waals surface area contributed by atoms with Crippen molar-refractivity contribution in [1.82, 2.24) is 5.32 Å². The number of nitrogens with one attached hydrogen (secondary N) is 1. The first-order valence-corrected chi connectivity index (χ1v) is 6.94. The summed E-state index contributed by atoms with van der Waals surface area (Å²) in [5, 5.41) is 3.55. The third-order valence-corrected chi connectivity index (χ3v) is 4.04. The summed E-state index contributed by atoms with van der Waals surface area (Å²) in [5.74, 6) is 0.610. The van der Waals surface area contributed by atoms with Gasteiger partial charge in [-0.3, -0.25) is 0 Å². The Hall–Kier alpha value is -0.860. The lowest BCUT2D eigenvalue weighted by molar-refractivity contribution is 0.508. The maximum Gasteiger partial charge on any atom is 0.0210 e. The van der Waals surface area contributed by atoms with Gasteiger partial charge in [-0.2, -0.15) is 0 Å². The average molecular weight is 248 g/mol. The molecule has 0 aliphatic rings. The number of hydrogen-bond donors (Lipinski definition) is 2. The van der Waals surface area contributed by atoms with Crippen molar-refractivity contribution in [3.05, 3.63) is 33.9 Å². The Morgan fingerprint density at radius 3 is 2.17 bits per heavy atom. The smallest absolute Gasteiger partial charge is 0.0210 e. The Kier molecular flexibility index (Phi) is 5.83. The van der Waals surface area contributed by atoms with Crippen molar-refractivity contribution in [2.75, 3.05) is 13.1 Å². The summed E-state index contributed by atoms with van der Waals surface area (Å²) in [6.45, 7) is 13.8. The van der Waals surface area contributed by atoms with E-state index in [1.807, 2.05) is 0 Å². The standard InChI is InChI=1S/C16H28N2/c1-11(9-17)6-7-18-10-16-14(4)12(2)8-13(3)15(16)5/h8,11,18H,6-7,9-10,17H2,1-5H3. The molecule has 2 heteroatoms. The molecule has 0 saturated carbocycles. The van der Waals surface area contributed by atoms with Crippen LogP contribution in [0.4, 0.5) is 0 Å². The van der Waals surface area contributed by atoms with E-state index in [2.05, 4.69) is 46.0 Å². The van der Waals surface area contributed by atoms with Crippen LogP contribution in [0.1, 0.15) is 41.2 Å². The second-order valence-corrected chi connectivity index (χ2v) is 5.55. The van der Waals surface area contributed by atoms with E-state index in [0.717, 1.165) is 26.1 Å². The number of hydrogen-bond acceptors (Lipinski definition) is 2. The molecule has 1 aromatic carbocycles. The first-order valence-electron chi connectivity index (χ1n) is 6.94. The van der Waals surface area contributed by atoms with Gasteiger partial charge in [-0.15, -0.1) is 0 Å². The van der Waals surface area contributed by atoms with Crippen LogP contribution in [0.15, 0.2) is 6.07 Å². The van der Waals surface area contributed by atoms with Crippen LogP contribution in [-0.2, 0) is 6.54 Å². The fourth-order valence-electron chi connectivity index (χ4n) is 2.24. The first-order chi connectivity index (χ1) is 8.47. The van der Waals surface area contributed by atoms with Crippen LogP contribution >= 0.6 is 0 Å². The SMILES string of the molecule is Cc1cc(C)c(C)c(CNCCC(C)CN)c1C. The van der Waals surface area contributed by atoms with Crippen molar-refractivity contribution in [2.45, 2.75) is 47.6 Å². The van der Waals surface area contributed by atoms with Gasteiger partial charge >= 0.3 is 0 Å². The summed E-state index contributed by atoms with van der Waals surface area (Å²) in [6.07, 6.45) is 1.15. The Labute approximate surface area is 112 Å². The number of rotatable bonds is 6. The van der Waals surface area contributed by atoms with Gasteiger partial charge in [0.1, 0.15) is 0 Å². The maximum atomic E-state index is 5.63. The Bertz CT molecular complexity index is 370. The lowest BCUT2D eigenvalue weighted by Crippen LogP contribution is -2.21. The molecule has 0 aliphatic heterocycles. The highest BCUT2D eigenvalue weighted by Gasteiger charge is 2.08. The minimum absolute atomic E-state index is 0.610. The van der Waals surface area contributed by atoms with Gasteiger partial charge < -0.3 is 11.1 Å². The number of nitrogens with two attached hydrogens (primary N) is 1. The molecule has 0 aliphatic carbocycles. The Morgan fingerprint density at radius 2 is 1.67 bits per heavy atom. The summed E-state index contributed by atoms with van der Waals surface area (Å²) < 4.78 is 0. The second kappa shape index (κ2) is 6.91. The predicted molar refractivity (Wildman–Crippen MR) is 79.9 cm³/mol. The fraction of sp³-hybridized carbons (Fsp3) is 0.625. The molecule has 0 aromatic heterocycles. The molecule has 1 unspecified atom stereocenters. The van der Waals surface area contributed by atoms with Crippen LogP contribution in [0, 0.1) is 33.6 Å². The molecule has 3 N–H and O–H groups in total. The Balaban J connectivity index is 2.62. The van der Waals surface area contributed by atoms with E-state index in [1.165, 1.54) is 27.8 Å². The van der Waals surface area contributed by atoms with Crippen molar-refractivity contribution in [2.24, 2.45) is 11.7 Å². The van der Waals surface area contributed by atoms with Crippen LogP contribution in [-0.4, -0.2) is 13.1 Å². The quantitative estimate of drug-likeness (QED) is 0.760. The van der Waals surface area contributed by atoms with Gasteiger partial charge in [0.05, 0.1) is 0 Å². The van der Waals surface area contributed by atoms with Crippen molar-refractivity contribution in [3.8, 4) is 0 Å². The zero-order chi connectivity index (χ0) is 13.7. The lowest BCUT2D eigenvalue weighted by Gasteiger charge is -2.16. The Morgan fingerprint density at radius 1 is 1.11 bits per heavy atom. The van der Waals surface area contributed by atoms with E-state index in [9.17, 15) is 0 Å². The molecule has 18 heavy (non-hydrogen) atoms. The monoisotopic (exact) mass is 248 g/mol. The summed E-state index contributed by atoms with van der Waals surface area (Å²) in [4.78, 5) is 0. The van der Waals surface area contributed by atoms with E-state index in [1.54, 1.807) is 0 Å². The van der Waals surface area contributed by atoms with E-state index in [0.29, 0.717) is 5.92 Å². The predicted octanol–water partition coefficient (Wildman–Crippen LogP) is 2.99. The van der Waals surface area contributed by atoms with Crippen LogP contribution in [0.5, 0.6) is 0 Å². The summed E-state index contributed by atoms with van der Waals surface area (Å²) >= 11 is 0. The van der Waals surface area contributed by atoms with Crippen molar-refractivity contribution in [3.63, 3.8) is 0 Å². The summed E-state index contributed by atoms with van der Waals surface area (Å²) in [5.41, 5.74) is 12.7. The highest BCUT2D eigenvalue weighted by atomic mass is 14.8. The van der Waals surface area contributed by atoms with E-state index in [-0.39, 0.29) is 0 Å². The van der Waals surface area contributed by atoms with Gasteiger partial charge in [0, 0.05) is 6.54 Å². The minimum atomic E-state index is 0.610. The van der Waals surface area contributed by atoms with Gasteiger partial charge in [-0.05, 0) is 80.9 Å². The number of benzene rings is 1. The van der Waals surface area contributed by atoms with Crippen molar-refractivity contribution >= 4 is 0 Å². The summed E-state index contributed by atoms with van der Waals surface area (Å²) in [6, 6.07) is 2.28. The minimum Gasteiger partial charge on any atom is -0.330 e. The van der Waals surface area contributed by atoms with Crippen LogP contribution < -0.4 is 11.1 Å². The van der Waals surface area contributed by atoms with Crippen LogP contribution in [0.25, 0.3) is 0 Å². The van der Waals surface area contributed by atoms with Crippen LogP contribution in [0.3, 0.4) is 0 Å². The summed E-state index contributed by atoms with van der Waals surface area (Å²) in [7, 11) is 0. The second-order valence-electron chi connectivity index (χ2n) is 5.55. The molecule has 0 fully saturated rings. The average Bonchev–Trinajstić information content (AvgIpc) is 2.35. The van der Waals surface area contributed by atoms with E-state index in [4.69, 9.17) is 5.73 Å². The fourth-order valence-corrected chi connectivity index (χ4v) is 2.24. The first kappa shape index (κ1) is 15.2. The maximum absolute atomic E-state index is 5.63. The molecule has 0 saturated heterocycles. The molecular weight excluding hydrogens is 220 g/mol. The highest BCUT2D eigenvalue weighted by Crippen LogP contribution is 2.21. The molecule has 102 valence electrons. The van der Waals surface area contributed by atoms with Gasteiger partial charge in [0.15, 0.2) is 0 Å². The molecule has 1 aromatic rings. The lowest BCUT2D eigenvalue weighted by atomic mass is 9.94. The van der Waals surface area contributed by atoms with Crippen molar-refractivity contribution < 1.29 is 0 Å². The molecule has 0 amide bonds. The van der Waals surface area contributed by atoms with Gasteiger partial charge in [0.25, 0.3) is 0 Å². The molecule has 0 radical (unpaired) electrons. The zero-order valence-electron chi connectivity index (χ0n) is 12.6. The van der Waals surface area contributed by atoms with E-state index < -0.39 is 0 Å². The normalized spacial score (nSPS) is 12.8. The zero-order valence-corrected chi connectivity index (χ0v) is 12.6. The van der Waals surface area contributed by atoms with Gasteiger partial charge in [-0.1, -0.05) is 13.0 Å². The van der Waals surface area contributed by atoms with Crippen molar-refractivity contribution in [1.29, 1.82) is 0 Å². The highest BCUT2D eigenvalue weighted by molar-refractivity contribution is 5.43. The third-order valence-electron chi connectivity index (χ3n) is 4.04. The van der Waals surface area contributed by atoms with Crippen LogP contribution in [0.2, 0.25) is 0 Å².